The molecular formula is C19H23FN4O. The summed E-state index contributed by atoms with van der Waals surface area (Å²) in [7, 11) is 3.32. The molecule has 0 spiro atoms. The number of benzene rings is 1. The number of rotatable bonds is 6. The quantitative estimate of drug-likeness (QED) is 0.626. The second kappa shape index (κ2) is 7.51. The van der Waals surface area contributed by atoms with Crippen LogP contribution >= 0.6 is 0 Å². The van der Waals surface area contributed by atoms with Gasteiger partial charge in [0.2, 0.25) is 5.88 Å². The Bertz CT molecular complexity index is 759. The molecule has 1 heterocycles. The molecule has 0 amide bonds. The maximum atomic E-state index is 14.1. The van der Waals surface area contributed by atoms with Crippen molar-refractivity contribution in [1.29, 1.82) is 0 Å². The number of nitrogens with zero attached hydrogens (tertiary/aromatic N) is 2. The van der Waals surface area contributed by atoms with Crippen LogP contribution in [-0.2, 0) is 12.0 Å². The second-order valence-electron chi connectivity index (χ2n) is 6.21. The SMILES string of the molecule is CN=C(NCc1cccnc1OC)NCC1(c2ccccc2F)CC1. The van der Waals surface area contributed by atoms with Crippen LogP contribution in [0.2, 0.25) is 0 Å². The van der Waals surface area contributed by atoms with Gasteiger partial charge in [0.25, 0.3) is 0 Å². The van der Waals surface area contributed by atoms with E-state index in [0.717, 1.165) is 24.0 Å². The number of hydrogen-bond acceptors (Lipinski definition) is 3. The topological polar surface area (TPSA) is 58.5 Å². The number of aliphatic imine (C=N–C) groups is 1. The third kappa shape index (κ3) is 3.90. The zero-order valence-corrected chi connectivity index (χ0v) is 14.6. The van der Waals surface area contributed by atoms with Gasteiger partial charge in [-0.3, -0.25) is 4.99 Å². The molecule has 1 fully saturated rings. The minimum atomic E-state index is -0.134. The Balaban J connectivity index is 1.59. The van der Waals surface area contributed by atoms with Crippen LogP contribution in [-0.4, -0.2) is 31.6 Å². The van der Waals surface area contributed by atoms with Crippen molar-refractivity contribution in [2.75, 3.05) is 20.7 Å². The van der Waals surface area contributed by atoms with Gasteiger partial charge in [0.1, 0.15) is 5.82 Å². The maximum Gasteiger partial charge on any atom is 0.218 e. The summed E-state index contributed by atoms with van der Waals surface area (Å²) in [5.41, 5.74) is 1.60. The lowest BCUT2D eigenvalue weighted by Gasteiger charge is -2.19. The van der Waals surface area contributed by atoms with E-state index in [0.29, 0.717) is 24.9 Å². The highest BCUT2D eigenvalue weighted by Gasteiger charge is 2.45. The average molecular weight is 342 g/mol. The highest BCUT2D eigenvalue weighted by Crippen LogP contribution is 2.48. The fourth-order valence-corrected chi connectivity index (χ4v) is 2.98. The number of methoxy groups -OCH3 is 1. The van der Waals surface area contributed by atoms with Crippen molar-refractivity contribution in [3.05, 3.63) is 59.5 Å². The maximum absolute atomic E-state index is 14.1. The van der Waals surface area contributed by atoms with Gasteiger partial charge in [0.05, 0.1) is 7.11 Å². The predicted octanol–water partition coefficient (Wildman–Crippen LogP) is 2.63. The van der Waals surface area contributed by atoms with Crippen molar-refractivity contribution in [2.24, 2.45) is 4.99 Å². The molecule has 6 heteroatoms. The lowest BCUT2D eigenvalue weighted by Crippen LogP contribution is -2.41. The molecule has 0 saturated heterocycles. The van der Waals surface area contributed by atoms with Crippen molar-refractivity contribution in [2.45, 2.75) is 24.8 Å². The highest BCUT2D eigenvalue weighted by molar-refractivity contribution is 5.79. The lowest BCUT2D eigenvalue weighted by atomic mass is 9.95. The van der Waals surface area contributed by atoms with E-state index in [2.05, 4.69) is 20.6 Å². The van der Waals surface area contributed by atoms with Crippen molar-refractivity contribution in [1.82, 2.24) is 15.6 Å². The zero-order chi connectivity index (χ0) is 17.7. The molecule has 2 N–H and O–H groups in total. The van der Waals surface area contributed by atoms with Gasteiger partial charge < -0.3 is 15.4 Å². The Morgan fingerprint density at radius 3 is 2.72 bits per heavy atom. The molecule has 25 heavy (non-hydrogen) atoms. The first-order valence-electron chi connectivity index (χ1n) is 8.36. The molecule has 1 aromatic carbocycles. The molecule has 132 valence electrons. The monoisotopic (exact) mass is 342 g/mol. The van der Waals surface area contributed by atoms with E-state index in [9.17, 15) is 4.39 Å². The van der Waals surface area contributed by atoms with Crippen LogP contribution in [0.1, 0.15) is 24.0 Å². The molecule has 5 nitrogen and oxygen atoms in total. The van der Waals surface area contributed by atoms with Crippen molar-refractivity contribution < 1.29 is 9.13 Å². The number of aromatic nitrogens is 1. The predicted molar refractivity (Wildman–Crippen MR) is 96.3 cm³/mol. The standard InChI is InChI=1S/C19H23FN4O/c1-21-18(23-12-14-6-5-11-22-17(14)25-2)24-13-19(9-10-19)15-7-3-4-8-16(15)20/h3-8,11H,9-10,12-13H2,1-2H3,(H2,21,23,24). The Hall–Kier alpha value is -2.63. The van der Waals surface area contributed by atoms with Crippen LogP contribution in [0.4, 0.5) is 4.39 Å². The fourth-order valence-electron chi connectivity index (χ4n) is 2.98. The third-order valence-electron chi connectivity index (χ3n) is 4.61. The Morgan fingerprint density at radius 1 is 1.24 bits per heavy atom. The average Bonchev–Trinajstić information content (AvgIpc) is 3.43. The van der Waals surface area contributed by atoms with Crippen molar-refractivity contribution >= 4 is 5.96 Å². The van der Waals surface area contributed by atoms with Gasteiger partial charge in [-0.25, -0.2) is 9.37 Å². The summed E-state index contributed by atoms with van der Waals surface area (Å²) in [6, 6.07) is 10.8. The van der Waals surface area contributed by atoms with Crippen LogP contribution in [0.5, 0.6) is 5.88 Å². The van der Waals surface area contributed by atoms with E-state index in [4.69, 9.17) is 4.74 Å². The van der Waals surface area contributed by atoms with E-state index in [1.807, 2.05) is 24.3 Å². The van der Waals surface area contributed by atoms with E-state index < -0.39 is 0 Å². The normalized spacial score (nSPS) is 15.6. The van der Waals surface area contributed by atoms with Crippen molar-refractivity contribution in [3.63, 3.8) is 0 Å². The molecule has 3 rings (SSSR count). The first-order chi connectivity index (χ1) is 12.2. The molecule has 0 bridgehead atoms. The van der Waals surface area contributed by atoms with Crippen LogP contribution in [0.15, 0.2) is 47.6 Å². The number of nitrogens with one attached hydrogen (secondary N) is 2. The van der Waals surface area contributed by atoms with Crippen molar-refractivity contribution in [3.8, 4) is 5.88 Å². The van der Waals surface area contributed by atoms with Crippen LogP contribution in [0.25, 0.3) is 0 Å². The molecule has 0 atom stereocenters. The van der Waals surface area contributed by atoms with Gasteiger partial charge in [-0.2, -0.15) is 0 Å². The summed E-state index contributed by atoms with van der Waals surface area (Å²) < 4.78 is 19.3. The van der Waals surface area contributed by atoms with E-state index in [-0.39, 0.29) is 11.2 Å². The van der Waals surface area contributed by atoms with Crippen LogP contribution in [0.3, 0.4) is 0 Å². The summed E-state index contributed by atoms with van der Waals surface area (Å²) in [6.07, 6.45) is 3.66. The molecule has 0 aliphatic heterocycles. The molecule has 0 radical (unpaired) electrons. The fraction of sp³-hybridized carbons (Fsp3) is 0.368. The minimum Gasteiger partial charge on any atom is -0.481 e. The van der Waals surface area contributed by atoms with Crippen LogP contribution in [0, 0.1) is 5.82 Å². The zero-order valence-electron chi connectivity index (χ0n) is 14.6. The summed E-state index contributed by atoms with van der Waals surface area (Å²) in [5, 5.41) is 6.57. The Kier molecular flexibility index (Phi) is 5.16. The minimum absolute atomic E-state index is 0.130. The third-order valence-corrected chi connectivity index (χ3v) is 4.61. The summed E-state index contributed by atoms with van der Waals surface area (Å²) in [5.74, 6) is 1.13. The van der Waals surface area contributed by atoms with E-state index in [1.54, 1.807) is 26.4 Å². The Labute approximate surface area is 147 Å². The Morgan fingerprint density at radius 2 is 2.04 bits per heavy atom. The van der Waals surface area contributed by atoms with Gasteiger partial charge in [0, 0.05) is 37.3 Å². The first-order valence-corrected chi connectivity index (χ1v) is 8.36. The molecule has 1 saturated carbocycles. The van der Waals surface area contributed by atoms with Crippen LogP contribution < -0.4 is 15.4 Å². The van der Waals surface area contributed by atoms with Gasteiger partial charge in [-0.15, -0.1) is 0 Å². The number of hydrogen-bond donors (Lipinski definition) is 2. The number of ether oxygens (including phenoxy) is 1. The molecule has 0 unspecified atom stereocenters. The first kappa shape index (κ1) is 17.2. The molecular weight excluding hydrogens is 319 g/mol. The summed E-state index contributed by atoms with van der Waals surface area (Å²) in [6.45, 7) is 1.20. The van der Waals surface area contributed by atoms with Gasteiger partial charge in [-0.05, 0) is 30.5 Å². The van der Waals surface area contributed by atoms with E-state index >= 15 is 0 Å². The number of guanidine groups is 1. The largest absolute Gasteiger partial charge is 0.481 e. The van der Waals surface area contributed by atoms with Gasteiger partial charge in [-0.1, -0.05) is 24.3 Å². The molecule has 2 aromatic rings. The number of halogens is 1. The smallest absolute Gasteiger partial charge is 0.218 e. The lowest BCUT2D eigenvalue weighted by molar-refractivity contribution is 0.392. The molecule has 1 aliphatic rings. The van der Waals surface area contributed by atoms with Gasteiger partial charge >= 0.3 is 0 Å². The van der Waals surface area contributed by atoms with Gasteiger partial charge in [0.15, 0.2) is 5.96 Å². The highest BCUT2D eigenvalue weighted by atomic mass is 19.1. The summed E-state index contributed by atoms with van der Waals surface area (Å²) >= 11 is 0. The second-order valence-corrected chi connectivity index (χ2v) is 6.21. The summed E-state index contributed by atoms with van der Waals surface area (Å²) in [4.78, 5) is 8.43. The number of pyridine rings is 1. The van der Waals surface area contributed by atoms with E-state index in [1.165, 1.54) is 6.07 Å². The molecule has 1 aliphatic carbocycles. The molecule has 1 aromatic heterocycles.